The highest BCUT2D eigenvalue weighted by Crippen LogP contribution is 2.32. The van der Waals surface area contributed by atoms with Gasteiger partial charge in [0.1, 0.15) is 0 Å². The Bertz CT molecular complexity index is 470. The Morgan fingerprint density at radius 3 is 2.55 bits per heavy atom. The Morgan fingerprint density at radius 1 is 1.25 bits per heavy atom. The van der Waals surface area contributed by atoms with Crippen molar-refractivity contribution >= 4 is 27.5 Å². The summed E-state index contributed by atoms with van der Waals surface area (Å²) in [6.45, 7) is 5.15. The fourth-order valence-electron chi connectivity index (χ4n) is 3.10. The molecular formula is C15H21BrClN3. The van der Waals surface area contributed by atoms with E-state index in [-0.39, 0.29) is 6.04 Å². The van der Waals surface area contributed by atoms with E-state index in [2.05, 4.69) is 25.7 Å². The highest BCUT2D eigenvalue weighted by molar-refractivity contribution is 9.10. The molecule has 0 aromatic heterocycles. The molecular weight excluding hydrogens is 338 g/mol. The van der Waals surface area contributed by atoms with Crippen molar-refractivity contribution in [1.29, 1.82) is 0 Å². The zero-order chi connectivity index (χ0) is 14.1. The fourth-order valence-corrected chi connectivity index (χ4v) is 3.79. The number of hydrogen-bond acceptors (Lipinski definition) is 3. The van der Waals surface area contributed by atoms with Gasteiger partial charge in [0.25, 0.3) is 0 Å². The highest BCUT2D eigenvalue weighted by atomic mass is 79.9. The van der Waals surface area contributed by atoms with Crippen LogP contribution in [0, 0.1) is 0 Å². The molecule has 2 fully saturated rings. The van der Waals surface area contributed by atoms with E-state index in [0.29, 0.717) is 6.54 Å². The Hall–Kier alpha value is -0.130. The monoisotopic (exact) mass is 357 g/mol. The molecule has 1 aliphatic carbocycles. The van der Waals surface area contributed by atoms with Gasteiger partial charge in [-0.2, -0.15) is 0 Å². The zero-order valence-electron chi connectivity index (χ0n) is 11.6. The molecule has 0 amide bonds. The first kappa shape index (κ1) is 14.8. The van der Waals surface area contributed by atoms with Crippen LogP contribution in [0.5, 0.6) is 0 Å². The second-order valence-corrected chi connectivity index (χ2v) is 7.01. The predicted octanol–water partition coefficient (Wildman–Crippen LogP) is 2.88. The number of hydrogen-bond donors (Lipinski definition) is 1. The molecule has 1 saturated carbocycles. The first-order chi connectivity index (χ1) is 9.69. The van der Waals surface area contributed by atoms with Crippen LogP contribution in [0.1, 0.15) is 24.4 Å². The minimum atomic E-state index is 0.254. The average Bonchev–Trinajstić information content (AvgIpc) is 3.29. The van der Waals surface area contributed by atoms with Gasteiger partial charge in [0.15, 0.2) is 0 Å². The lowest BCUT2D eigenvalue weighted by molar-refractivity contribution is 0.0936. The van der Waals surface area contributed by atoms with Crippen molar-refractivity contribution in [3.05, 3.63) is 33.3 Å². The average molecular weight is 359 g/mol. The smallest absolute Gasteiger partial charge is 0.0483 e. The van der Waals surface area contributed by atoms with E-state index in [9.17, 15) is 0 Å². The molecule has 0 radical (unpaired) electrons. The lowest BCUT2D eigenvalue weighted by Crippen LogP contribution is -2.49. The summed E-state index contributed by atoms with van der Waals surface area (Å²) in [6.07, 6.45) is 2.78. The van der Waals surface area contributed by atoms with Gasteiger partial charge in [-0.15, -0.1) is 0 Å². The normalized spacial score (nSPS) is 22.9. The zero-order valence-corrected chi connectivity index (χ0v) is 13.9. The predicted molar refractivity (Wildman–Crippen MR) is 87.1 cm³/mol. The van der Waals surface area contributed by atoms with Crippen molar-refractivity contribution in [2.45, 2.75) is 24.9 Å². The van der Waals surface area contributed by atoms with Crippen LogP contribution in [0.2, 0.25) is 5.02 Å². The fraction of sp³-hybridized carbons (Fsp3) is 0.600. The molecule has 20 heavy (non-hydrogen) atoms. The lowest BCUT2D eigenvalue weighted by Gasteiger charge is -2.39. The van der Waals surface area contributed by atoms with E-state index in [1.165, 1.54) is 31.5 Å². The van der Waals surface area contributed by atoms with E-state index in [1.54, 1.807) is 0 Å². The number of nitrogens with zero attached hydrogens (tertiary/aromatic N) is 2. The molecule has 0 bridgehead atoms. The third-order valence-electron chi connectivity index (χ3n) is 4.39. The van der Waals surface area contributed by atoms with Gasteiger partial charge in [0, 0.05) is 54.3 Å². The van der Waals surface area contributed by atoms with E-state index < -0.39 is 0 Å². The van der Waals surface area contributed by atoms with Crippen LogP contribution < -0.4 is 5.73 Å². The summed E-state index contributed by atoms with van der Waals surface area (Å²) in [4.78, 5) is 5.12. The van der Waals surface area contributed by atoms with Gasteiger partial charge in [-0.1, -0.05) is 27.5 Å². The summed E-state index contributed by atoms with van der Waals surface area (Å²) in [7, 11) is 0. The van der Waals surface area contributed by atoms with Gasteiger partial charge in [0.05, 0.1) is 0 Å². The van der Waals surface area contributed by atoms with Crippen molar-refractivity contribution in [3.8, 4) is 0 Å². The second-order valence-electron chi connectivity index (χ2n) is 5.72. The van der Waals surface area contributed by atoms with Crippen LogP contribution in [0.15, 0.2) is 22.7 Å². The van der Waals surface area contributed by atoms with Crippen molar-refractivity contribution in [2.24, 2.45) is 5.73 Å². The largest absolute Gasteiger partial charge is 0.329 e. The molecule has 1 unspecified atom stereocenters. The Morgan fingerprint density at radius 2 is 1.95 bits per heavy atom. The van der Waals surface area contributed by atoms with Crippen LogP contribution in [0.25, 0.3) is 0 Å². The molecule has 3 rings (SSSR count). The Labute approximate surface area is 134 Å². The van der Waals surface area contributed by atoms with Gasteiger partial charge in [-0.05, 0) is 36.6 Å². The van der Waals surface area contributed by atoms with Gasteiger partial charge in [-0.3, -0.25) is 9.80 Å². The second kappa shape index (κ2) is 6.32. The van der Waals surface area contributed by atoms with Crippen molar-refractivity contribution in [3.63, 3.8) is 0 Å². The summed E-state index contributed by atoms with van der Waals surface area (Å²) < 4.78 is 1.10. The van der Waals surface area contributed by atoms with E-state index in [4.69, 9.17) is 17.3 Å². The molecule has 110 valence electrons. The SMILES string of the molecule is NCC(c1cc(Cl)ccc1Br)N1CCN(C2CC2)CC1. The maximum Gasteiger partial charge on any atom is 0.0483 e. The van der Waals surface area contributed by atoms with Crippen molar-refractivity contribution in [2.75, 3.05) is 32.7 Å². The number of benzene rings is 1. The quantitative estimate of drug-likeness (QED) is 0.898. The summed E-state index contributed by atoms with van der Waals surface area (Å²) in [5.41, 5.74) is 7.25. The molecule has 2 N–H and O–H groups in total. The summed E-state index contributed by atoms with van der Waals surface area (Å²) >= 11 is 9.77. The van der Waals surface area contributed by atoms with Crippen molar-refractivity contribution < 1.29 is 0 Å². The first-order valence-electron chi connectivity index (χ1n) is 7.32. The molecule has 1 aromatic rings. The third kappa shape index (κ3) is 3.20. The summed E-state index contributed by atoms with van der Waals surface area (Å²) in [6, 6.07) is 7.08. The molecule has 3 nitrogen and oxygen atoms in total. The van der Waals surface area contributed by atoms with Crippen LogP contribution in [0.4, 0.5) is 0 Å². The third-order valence-corrected chi connectivity index (χ3v) is 5.35. The van der Waals surface area contributed by atoms with E-state index >= 15 is 0 Å². The molecule has 1 aromatic carbocycles. The molecule has 1 atom stereocenters. The Balaban J connectivity index is 1.71. The minimum Gasteiger partial charge on any atom is -0.329 e. The molecule has 5 heteroatoms. The number of nitrogens with two attached hydrogens (primary N) is 1. The van der Waals surface area contributed by atoms with Gasteiger partial charge in [0.2, 0.25) is 0 Å². The van der Waals surface area contributed by atoms with E-state index in [1.807, 2.05) is 18.2 Å². The minimum absolute atomic E-state index is 0.254. The van der Waals surface area contributed by atoms with E-state index in [0.717, 1.165) is 28.6 Å². The Kier molecular flexibility index (Phi) is 4.68. The summed E-state index contributed by atoms with van der Waals surface area (Å²) in [5.74, 6) is 0. The molecule has 1 heterocycles. The van der Waals surface area contributed by atoms with Gasteiger partial charge < -0.3 is 5.73 Å². The molecule has 1 saturated heterocycles. The van der Waals surface area contributed by atoms with Crippen LogP contribution in [-0.2, 0) is 0 Å². The number of piperazine rings is 1. The van der Waals surface area contributed by atoms with Crippen molar-refractivity contribution in [1.82, 2.24) is 9.80 Å². The number of rotatable bonds is 4. The van der Waals surface area contributed by atoms with Crippen LogP contribution in [-0.4, -0.2) is 48.6 Å². The molecule has 2 aliphatic rings. The standard InChI is InChI=1S/C15H21BrClN3/c16-14-4-1-11(17)9-13(14)15(10-18)20-7-5-19(6-8-20)12-2-3-12/h1,4,9,12,15H,2-3,5-8,10,18H2. The molecule has 0 spiro atoms. The maximum atomic E-state index is 6.14. The first-order valence-corrected chi connectivity index (χ1v) is 8.49. The lowest BCUT2D eigenvalue weighted by atomic mass is 10.0. The van der Waals surface area contributed by atoms with Gasteiger partial charge >= 0.3 is 0 Å². The number of halogens is 2. The summed E-state index contributed by atoms with van der Waals surface area (Å²) in [5, 5.41) is 0.776. The maximum absolute atomic E-state index is 6.14. The van der Waals surface area contributed by atoms with Crippen LogP contribution in [0.3, 0.4) is 0 Å². The highest BCUT2D eigenvalue weighted by Gasteiger charge is 2.33. The molecule has 1 aliphatic heterocycles. The van der Waals surface area contributed by atoms with Gasteiger partial charge in [-0.25, -0.2) is 0 Å². The topological polar surface area (TPSA) is 32.5 Å². The van der Waals surface area contributed by atoms with Crippen LogP contribution >= 0.6 is 27.5 Å².